The quantitative estimate of drug-likeness (QED) is 0.482. The zero-order valence-corrected chi connectivity index (χ0v) is 14.3. The van der Waals surface area contributed by atoms with Gasteiger partial charge in [-0.1, -0.05) is 42.5 Å². The van der Waals surface area contributed by atoms with Crippen molar-refractivity contribution in [1.82, 2.24) is 4.98 Å². The van der Waals surface area contributed by atoms with Crippen LogP contribution in [0.15, 0.2) is 71.1 Å². The second-order valence-electron chi connectivity index (χ2n) is 6.16. The van der Waals surface area contributed by atoms with Crippen molar-refractivity contribution < 1.29 is 9.15 Å². The number of ether oxygens (including phenoxy) is 1. The molecule has 0 saturated carbocycles. The van der Waals surface area contributed by atoms with Crippen molar-refractivity contribution in [1.29, 1.82) is 0 Å². The Morgan fingerprint density at radius 3 is 2.40 bits per heavy atom. The van der Waals surface area contributed by atoms with E-state index in [-0.39, 0.29) is 0 Å². The minimum absolute atomic E-state index is 0.569. The van der Waals surface area contributed by atoms with E-state index in [2.05, 4.69) is 41.4 Å². The van der Waals surface area contributed by atoms with Crippen molar-refractivity contribution in [3.63, 3.8) is 0 Å². The molecule has 1 aromatic heterocycles. The fourth-order valence-electron chi connectivity index (χ4n) is 2.78. The normalized spacial score (nSPS) is 11.0. The smallest absolute Gasteiger partial charge is 0.226 e. The molecule has 3 heteroatoms. The summed E-state index contributed by atoms with van der Waals surface area (Å²) in [5.41, 5.74) is 3.08. The van der Waals surface area contributed by atoms with Gasteiger partial charge in [-0.25, -0.2) is 4.98 Å². The zero-order valence-electron chi connectivity index (χ0n) is 14.3. The third-order valence-electron chi connectivity index (χ3n) is 4.34. The molecular formula is C22H19NO2. The summed E-state index contributed by atoms with van der Waals surface area (Å²) in [6.07, 6.45) is 0. The SMILES string of the molecule is Cc1nc(-c2ccc3cc(OCc4ccccc4)ccc3c2)oc1C. The first-order valence-electron chi connectivity index (χ1n) is 8.34. The van der Waals surface area contributed by atoms with Crippen LogP contribution in [0.1, 0.15) is 17.0 Å². The van der Waals surface area contributed by atoms with Crippen LogP contribution >= 0.6 is 0 Å². The van der Waals surface area contributed by atoms with Gasteiger partial charge in [0.15, 0.2) is 0 Å². The summed E-state index contributed by atoms with van der Waals surface area (Å²) >= 11 is 0. The molecule has 0 atom stereocenters. The van der Waals surface area contributed by atoms with Gasteiger partial charge in [0.05, 0.1) is 5.69 Å². The highest BCUT2D eigenvalue weighted by Crippen LogP contribution is 2.28. The maximum absolute atomic E-state index is 5.90. The number of aromatic nitrogens is 1. The molecule has 3 aromatic carbocycles. The van der Waals surface area contributed by atoms with E-state index in [4.69, 9.17) is 9.15 Å². The highest BCUT2D eigenvalue weighted by molar-refractivity contribution is 5.87. The van der Waals surface area contributed by atoms with E-state index >= 15 is 0 Å². The Balaban J connectivity index is 1.58. The molecule has 0 N–H and O–H groups in total. The Morgan fingerprint density at radius 2 is 1.64 bits per heavy atom. The van der Waals surface area contributed by atoms with Crippen molar-refractivity contribution >= 4 is 10.8 Å². The minimum atomic E-state index is 0.569. The van der Waals surface area contributed by atoms with Gasteiger partial charge in [0.2, 0.25) is 5.89 Å². The Labute approximate surface area is 146 Å². The summed E-state index contributed by atoms with van der Waals surface area (Å²) in [5.74, 6) is 2.40. The van der Waals surface area contributed by atoms with Crippen LogP contribution in [-0.2, 0) is 6.61 Å². The van der Waals surface area contributed by atoms with Crippen LogP contribution < -0.4 is 4.74 Å². The second kappa shape index (κ2) is 6.44. The fourth-order valence-corrected chi connectivity index (χ4v) is 2.78. The maximum atomic E-state index is 5.90. The number of aryl methyl sites for hydroxylation is 2. The number of benzene rings is 3. The van der Waals surface area contributed by atoms with Gasteiger partial charge in [0, 0.05) is 5.56 Å². The molecule has 1 heterocycles. The first kappa shape index (κ1) is 15.5. The molecule has 124 valence electrons. The molecule has 4 rings (SSSR count). The van der Waals surface area contributed by atoms with Gasteiger partial charge in [-0.2, -0.15) is 0 Å². The molecule has 0 fully saturated rings. The van der Waals surface area contributed by atoms with Crippen LogP contribution in [0, 0.1) is 13.8 Å². The van der Waals surface area contributed by atoms with Crippen LogP contribution in [0.25, 0.3) is 22.2 Å². The topological polar surface area (TPSA) is 35.3 Å². The van der Waals surface area contributed by atoms with Gasteiger partial charge in [-0.05, 0) is 54.4 Å². The molecule has 0 unspecified atom stereocenters. The zero-order chi connectivity index (χ0) is 17.2. The Kier molecular flexibility index (Phi) is 3.98. The Morgan fingerprint density at radius 1 is 0.880 bits per heavy atom. The number of nitrogens with zero attached hydrogens (tertiary/aromatic N) is 1. The summed E-state index contributed by atoms with van der Waals surface area (Å²) in [7, 11) is 0. The predicted molar refractivity (Wildman–Crippen MR) is 99.7 cm³/mol. The van der Waals surface area contributed by atoms with E-state index in [1.54, 1.807) is 0 Å². The van der Waals surface area contributed by atoms with Crippen molar-refractivity contribution in [2.45, 2.75) is 20.5 Å². The molecule has 4 aromatic rings. The molecular weight excluding hydrogens is 310 g/mol. The molecule has 0 spiro atoms. The van der Waals surface area contributed by atoms with Crippen LogP contribution in [0.4, 0.5) is 0 Å². The van der Waals surface area contributed by atoms with E-state index in [0.29, 0.717) is 12.5 Å². The van der Waals surface area contributed by atoms with E-state index in [9.17, 15) is 0 Å². The van der Waals surface area contributed by atoms with Crippen LogP contribution in [-0.4, -0.2) is 4.98 Å². The number of hydrogen-bond donors (Lipinski definition) is 0. The van der Waals surface area contributed by atoms with E-state index < -0.39 is 0 Å². The van der Waals surface area contributed by atoms with Gasteiger partial charge in [0.1, 0.15) is 18.1 Å². The van der Waals surface area contributed by atoms with Crippen LogP contribution in [0.3, 0.4) is 0 Å². The first-order chi connectivity index (χ1) is 12.2. The van der Waals surface area contributed by atoms with Crippen LogP contribution in [0.5, 0.6) is 5.75 Å². The molecule has 0 amide bonds. The predicted octanol–water partition coefficient (Wildman–Crippen LogP) is 5.69. The third kappa shape index (κ3) is 3.26. The van der Waals surface area contributed by atoms with Gasteiger partial charge in [-0.15, -0.1) is 0 Å². The molecule has 0 aliphatic rings. The maximum Gasteiger partial charge on any atom is 0.226 e. The first-order valence-corrected chi connectivity index (χ1v) is 8.34. The fraction of sp³-hybridized carbons (Fsp3) is 0.136. The highest BCUT2D eigenvalue weighted by Gasteiger charge is 2.09. The van der Waals surface area contributed by atoms with E-state index in [1.807, 2.05) is 44.2 Å². The lowest BCUT2D eigenvalue weighted by Crippen LogP contribution is -1.94. The second-order valence-corrected chi connectivity index (χ2v) is 6.16. The molecule has 0 saturated heterocycles. The minimum Gasteiger partial charge on any atom is -0.489 e. The molecule has 0 aliphatic carbocycles. The number of hydrogen-bond acceptors (Lipinski definition) is 3. The number of rotatable bonds is 4. The van der Waals surface area contributed by atoms with E-state index in [1.165, 1.54) is 0 Å². The Bertz CT molecular complexity index is 999. The number of fused-ring (bicyclic) bond motifs is 1. The van der Waals surface area contributed by atoms with Gasteiger partial charge in [-0.3, -0.25) is 0 Å². The largest absolute Gasteiger partial charge is 0.489 e. The van der Waals surface area contributed by atoms with Crippen molar-refractivity contribution in [2.75, 3.05) is 0 Å². The highest BCUT2D eigenvalue weighted by atomic mass is 16.5. The summed E-state index contributed by atoms with van der Waals surface area (Å²) in [6, 6.07) is 22.5. The molecule has 3 nitrogen and oxygen atoms in total. The third-order valence-corrected chi connectivity index (χ3v) is 4.34. The standard InChI is InChI=1S/C22H19NO2/c1-15-16(2)25-22(23-15)20-9-8-19-13-21(11-10-18(19)12-20)24-14-17-6-4-3-5-7-17/h3-13H,14H2,1-2H3. The van der Waals surface area contributed by atoms with Gasteiger partial charge in [0.25, 0.3) is 0 Å². The monoisotopic (exact) mass is 329 g/mol. The summed E-state index contributed by atoms with van der Waals surface area (Å²) in [4.78, 5) is 4.48. The molecule has 0 radical (unpaired) electrons. The van der Waals surface area contributed by atoms with Crippen molar-refractivity contribution in [3.05, 3.63) is 83.7 Å². The molecule has 25 heavy (non-hydrogen) atoms. The Hall–Kier alpha value is -3.07. The van der Waals surface area contributed by atoms with Gasteiger partial charge < -0.3 is 9.15 Å². The summed E-state index contributed by atoms with van der Waals surface area (Å²) < 4.78 is 11.6. The van der Waals surface area contributed by atoms with Gasteiger partial charge >= 0.3 is 0 Å². The average Bonchev–Trinajstić information content (AvgIpc) is 2.99. The molecule has 0 aliphatic heterocycles. The van der Waals surface area contributed by atoms with E-state index in [0.717, 1.165) is 39.1 Å². The lowest BCUT2D eigenvalue weighted by Gasteiger charge is -2.08. The summed E-state index contributed by atoms with van der Waals surface area (Å²) in [6.45, 7) is 4.46. The van der Waals surface area contributed by atoms with Crippen molar-refractivity contribution in [3.8, 4) is 17.2 Å². The van der Waals surface area contributed by atoms with Crippen LogP contribution in [0.2, 0.25) is 0 Å². The lowest BCUT2D eigenvalue weighted by atomic mass is 10.1. The summed E-state index contributed by atoms with van der Waals surface area (Å²) in [5, 5.41) is 2.27. The average molecular weight is 329 g/mol. The number of oxazole rings is 1. The van der Waals surface area contributed by atoms with Crippen molar-refractivity contribution in [2.24, 2.45) is 0 Å². The molecule has 0 bridgehead atoms. The lowest BCUT2D eigenvalue weighted by molar-refractivity contribution is 0.306.